The molecule has 1 aromatic carbocycles. The summed E-state index contributed by atoms with van der Waals surface area (Å²) in [7, 11) is 3.44. The molecule has 0 saturated heterocycles. The van der Waals surface area contributed by atoms with Gasteiger partial charge in [-0.2, -0.15) is 0 Å². The first-order valence-electron chi connectivity index (χ1n) is 5.06. The van der Waals surface area contributed by atoms with E-state index in [1.54, 1.807) is 44.6 Å². The van der Waals surface area contributed by atoms with Gasteiger partial charge >= 0.3 is 0 Å². The van der Waals surface area contributed by atoms with Crippen LogP contribution in [-0.2, 0) is 0 Å². The summed E-state index contributed by atoms with van der Waals surface area (Å²) < 4.78 is 5.53. The highest BCUT2D eigenvalue weighted by atomic mass is 32.1. The Morgan fingerprint density at radius 1 is 1.41 bits per heavy atom. The van der Waals surface area contributed by atoms with Crippen LogP contribution in [0.2, 0.25) is 0 Å². The van der Waals surface area contributed by atoms with Crippen molar-refractivity contribution in [3.05, 3.63) is 41.4 Å². The minimum absolute atomic E-state index is 0.0467. The van der Waals surface area contributed by atoms with E-state index in [9.17, 15) is 4.79 Å². The van der Waals surface area contributed by atoms with Gasteiger partial charge in [-0.15, -0.1) is 0 Å². The van der Waals surface area contributed by atoms with Gasteiger partial charge < -0.3 is 9.64 Å². The first-order chi connectivity index (χ1) is 8.16. The van der Waals surface area contributed by atoms with E-state index in [4.69, 9.17) is 4.74 Å². The van der Waals surface area contributed by atoms with Gasteiger partial charge in [0.1, 0.15) is 5.75 Å². The number of hydrogen-bond donors (Lipinski definition) is 0. The maximum atomic E-state index is 11.8. The van der Waals surface area contributed by atoms with E-state index in [2.05, 4.69) is 4.98 Å². The molecule has 1 amide bonds. The van der Waals surface area contributed by atoms with Crippen LogP contribution >= 0.6 is 11.3 Å². The number of nitrogens with zero attached hydrogens (tertiary/aromatic N) is 2. The molecule has 1 heterocycles. The second-order valence-corrected chi connectivity index (χ2v) is 4.48. The number of amides is 1. The van der Waals surface area contributed by atoms with Crippen molar-refractivity contribution in [3.8, 4) is 10.9 Å². The number of ether oxygens (including phenoxy) is 1. The van der Waals surface area contributed by atoms with Crippen molar-refractivity contribution in [3.63, 3.8) is 0 Å². The highest BCUT2D eigenvalue weighted by molar-refractivity contribution is 7.11. The molecule has 0 atom stereocenters. The second kappa shape index (κ2) is 4.97. The summed E-state index contributed by atoms with van der Waals surface area (Å²) >= 11 is 1.41. The molecule has 2 aromatic rings. The molecule has 0 bridgehead atoms. The van der Waals surface area contributed by atoms with Gasteiger partial charge in [-0.05, 0) is 18.2 Å². The van der Waals surface area contributed by atoms with Crippen molar-refractivity contribution >= 4 is 17.2 Å². The number of thiazole rings is 1. The van der Waals surface area contributed by atoms with Gasteiger partial charge in [-0.3, -0.25) is 4.79 Å². The molecule has 0 radical (unpaired) electrons. The van der Waals surface area contributed by atoms with Crippen molar-refractivity contribution in [1.29, 1.82) is 0 Å². The summed E-state index contributed by atoms with van der Waals surface area (Å²) in [6.45, 7) is 0. The Morgan fingerprint density at radius 3 is 2.88 bits per heavy atom. The Hall–Kier alpha value is -1.88. The van der Waals surface area contributed by atoms with Gasteiger partial charge in [0.15, 0.2) is 0 Å². The topological polar surface area (TPSA) is 42.4 Å². The van der Waals surface area contributed by atoms with E-state index < -0.39 is 0 Å². The molecule has 0 spiro atoms. The maximum absolute atomic E-state index is 11.8. The van der Waals surface area contributed by atoms with Gasteiger partial charge in [-0.1, -0.05) is 17.4 Å². The molecule has 4 nitrogen and oxygen atoms in total. The highest BCUT2D eigenvalue weighted by Crippen LogP contribution is 2.24. The number of carbonyl (C=O) groups is 1. The minimum Gasteiger partial charge on any atom is -0.431 e. The van der Waals surface area contributed by atoms with E-state index >= 15 is 0 Å². The lowest BCUT2D eigenvalue weighted by atomic mass is 10.2. The van der Waals surface area contributed by atoms with E-state index in [1.807, 2.05) is 5.38 Å². The normalized spacial score (nSPS) is 10.0. The number of benzene rings is 1. The Kier molecular flexibility index (Phi) is 3.39. The van der Waals surface area contributed by atoms with Crippen LogP contribution in [0.25, 0.3) is 0 Å². The SMILES string of the molecule is CN(C)C(=O)c1cccc(Oc2nccs2)c1. The molecule has 17 heavy (non-hydrogen) atoms. The lowest BCUT2D eigenvalue weighted by molar-refractivity contribution is 0.0827. The Morgan fingerprint density at radius 2 is 2.24 bits per heavy atom. The van der Waals surface area contributed by atoms with Crippen molar-refractivity contribution in [1.82, 2.24) is 9.88 Å². The van der Waals surface area contributed by atoms with Crippen LogP contribution in [-0.4, -0.2) is 29.9 Å². The van der Waals surface area contributed by atoms with Gasteiger partial charge in [0.25, 0.3) is 11.1 Å². The monoisotopic (exact) mass is 248 g/mol. The summed E-state index contributed by atoms with van der Waals surface area (Å²) in [5, 5.41) is 2.41. The molecule has 0 aliphatic rings. The van der Waals surface area contributed by atoms with Crippen LogP contribution in [0.3, 0.4) is 0 Å². The zero-order valence-electron chi connectivity index (χ0n) is 9.58. The molecule has 0 aliphatic carbocycles. The van der Waals surface area contributed by atoms with Gasteiger partial charge in [0.2, 0.25) is 0 Å². The third-order valence-electron chi connectivity index (χ3n) is 2.10. The third-order valence-corrected chi connectivity index (χ3v) is 2.75. The van der Waals surface area contributed by atoms with Crippen molar-refractivity contribution in [2.45, 2.75) is 0 Å². The van der Waals surface area contributed by atoms with E-state index in [-0.39, 0.29) is 5.91 Å². The zero-order chi connectivity index (χ0) is 12.3. The standard InChI is InChI=1S/C12H12N2O2S/c1-14(2)11(15)9-4-3-5-10(8-9)16-12-13-6-7-17-12/h3-8H,1-2H3. The van der Waals surface area contributed by atoms with Crippen molar-refractivity contribution < 1.29 is 9.53 Å². The highest BCUT2D eigenvalue weighted by Gasteiger charge is 2.09. The van der Waals surface area contributed by atoms with E-state index in [0.717, 1.165) is 0 Å². The molecular weight excluding hydrogens is 236 g/mol. The van der Waals surface area contributed by atoms with E-state index in [1.165, 1.54) is 16.2 Å². The van der Waals surface area contributed by atoms with Crippen LogP contribution in [0, 0.1) is 0 Å². The fourth-order valence-corrected chi connectivity index (χ4v) is 1.82. The van der Waals surface area contributed by atoms with Crippen LogP contribution in [0.4, 0.5) is 0 Å². The van der Waals surface area contributed by atoms with Gasteiger partial charge in [-0.25, -0.2) is 4.98 Å². The summed E-state index contributed by atoms with van der Waals surface area (Å²) in [5.74, 6) is 0.572. The van der Waals surface area contributed by atoms with Gasteiger partial charge in [0.05, 0.1) is 0 Å². The molecule has 0 N–H and O–H groups in total. The van der Waals surface area contributed by atoms with Crippen LogP contribution in [0.15, 0.2) is 35.8 Å². The first kappa shape index (κ1) is 11.6. The quantitative estimate of drug-likeness (QED) is 0.838. The van der Waals surface area contributed by atoms with Crippen LogP contribution < -0.4 is 4.74 Å². The van der Waals surface area contributed by atoms with Gasteiger partial charge in [0, 0.05) is 31.2 Å². The summed E-state index contributed by atoms with van der Waals surface area (Å²) in [6, 6.07) is 7.06. The molecule has 88 valence electrons. The molecule has 5 heteroatoms. The molecule has 0 fully saturated rings. The summed E-state index contributed by atoms with van der Waals surface area (Å²) in [6.07, 6.45) is 1.68. The Labute approximate surface area is 103 Å². The van der Waals surface area contributed by atoms with E-state index in [0.29, 0.717) is 16.5 Å². The zero-order valence-corrected chi connectivity index (χ0v) is 10.4. The minimum atomic E-state index is -0.0467. The van der Waals surface area contributed by atoms with Crippen molar-refractivity contribution in [2.75, 3.05) is 14.1 Å². The second-order valence-electron chi connectivity index (χ2n) is 3.63. The smallest absolute Gasteiger partial charge is 0.278 e. The third kappa shape index (κ3) is 2.82. The number of rotatable bonds is 3. The lowest BCUT2D eigenvalue weighted by Crippen LogP contribution is -2.21. The Balaban J connectivity index is 2.20. The molecular formula is C12H12N2O2S. The molecule has 0 unspecified atom stereocenters. The number of carbonyl (C=O) groups excluding carboxylic acids is 1. The largest absolute Gasteiger partial charge is 0.431 e. The van der Waals surface area contributed by atoms with Crippen molar-refractivity contribution in [2.24, 2.45) is 0 Å². The summed E-state index contributed by atoms with van der Waals surface area (Å²) in [4.78, 5) is 17.3. The summed E-state index contributed by atoms with van der Waals surface area (Å²) in [5.41, 5.74) is 0.601. The first-order valence-corrected chi connectivity index (χ1v) is 5.94. The molecule has 2 rings (SSSR count). The number of hydrogen-bond acceptors (Lipinski definition) is 4. The maximum Gasteiger partial charge on any atom is 0.278 e. The molecule has 0 aliphatic heterocycles. The Bertz CT molecular complexity index is 509. The average molecular weight is 248 g/mol. The fourth-order valence-electron chi connectivity index (χ4n) is 1.31. The van der Waals surface area contributed by atoms with Crippen LogP contribution in [0.5, 0.6) is 10.9 Å². The predicted molar refractivity (Wildman–Crippen MR) is 66.6 cm³/mol. The van der Waals surface area contributed by atoms with Crippen LogP contribution in [0.1, 0.15) is 10.4 Å². The number of aromatic nitrogens is 1. The average Bonchev–Trinajstić information content (AvgIpc) is 2.81. The molecule has 1 aromatic heterocycles. The lowest BCUT2D eigenvalue weighted by Gasteiger charge is -2.10. The fraction of sp³-hybridized carbons (Fsp3) is 0.167. The molecule has 0 saturated carbocycles. The predicted octanol–water partition coefficient (Wildman–Crippen LogP) is 2.64.